The Morgan fingerprint density at radius 1 is 1.15 bits per heavy atom. The van der Waals surface area contributed by atoms with Crippen LogP contribution < -0.4 is 16.0 Å². The average Bonchev–Trinajstić information content (AvgIpc) is 2.47. The molecule has 1 aliphatic rings. The van der Waals surface area contributed by atoms with Crippen molar-refractivity contribution in [3.05, 3.63) is 0 Å². The highest BCUT2D eigenvalue weighted by Gasteiger charge is 2.15. The van der Waals surface area contributed by atoms with Gasteiger partial charge in [0.2, 0.25) is 5.91 Å². The van der Waals surface area contributed by atoms with Gasteiger partial charge in [0.15, 0.2) is 5.96 Å². The summed E-state index contributed by atoms with van der Waals surface area (Å²) in [5.41, 5.74) is 0. The Kier molecular flexibility index (Phi) is 8.83. The lowest BCUT2D eigenvalue weighted by Gasteiger charge is -2.23. The number of rotatable bonds is 7. The van der Waals surface area contributed by atoms with Gasteiger partial charge in [-0.05, 0) is 19.3 Å². The number of amides is 1. The number of carbonyl (C=O) groups excluding carboxylic acids is 1. The largest absolute Gasteiger partial charge is 0.356 e. The highest BCUT2D eigenvalue weighted by atomic mass is 16.2. The molecule has 5 nitrogen and oxygen atoms in total. The molecule has 1 aliphatic carbocycles. The Morgan fingerprint density at radius 3 is 2.55 bits per heavy atom. The molecule has 0 radical (unpaired) electrons. The minimum absolute atomic E-state index is 0.0633. The fraction of sp³-hybridized carbons (Fsp3) is 0.867. The number of hydrogen-bond donors (Lipinski definition) is 3. The molecule has 0 spiro atoms. The standard InChI is InChI=1S/C15H30N4O/c1-3-4-8-11-17-15(16-2)18-12-14(20)19-13-9-6-5-7-10-13/h13H,3-12H2,1-2H3,(H,19,20)(H2,16,17,18). The lowest BCUT2D eigenvalue weighted by atomic mass is 9.95. The van der Waals surface area contributed by atoms with E-state index in [1.54, 1.807) is 7.05 Å². The smallest absolute Gasteiger partial charge is 0.239 e. The van der Waals surface area contributed by atoms with Crippen LogP contribution in [0.1, 0.15) is 58.3 Å². The summed E-state index contributed by atoms with van der Waals surface area (Å²) in [4.78, 5) is 16.0. The summed E-state index contributed by atoms with van der Waals surface area (Å²) in [6.45, 7) is 3.38. The van der Waals surface area contributed by atoms with Crippen molar-refractivity contribution in [1.82, 2.24) is 16.0 Å². The molecule has 1 fully saturated rings. The van der Waals surface area contributed by atoms with Crippen molar-refractivity contribution in [3.8, 4) is 0 Å². The fourth-order valence-electron chi connectivity index (χ4n) is 2.49. The number of guanidine groups is 1. The summed E-state index contributed by atoms with van der Waals surface area (Å²) >= 11 is 0. The average molecular weight is 282 g/mol. The molecule has 0 aromatic rings. The molecular formula is C15H30N4O. The number of nitrogens with one attached hydrogen (secondary N) is 3. The molecule has 3 N–H and O–H groups in total. The van der Waals surface area contributed by atoms with Crippen LogP contribution in [0, 0.1) is 0 Å². The number of hydrogen-bond acceptors (Lipinski definition) is 2. The van der Waals surface area contributed by atoms with Crippen molar-refractivity contribution in [2.45, 2.75) is 64.3 Å². The maximum atomic E-state index is 11.9. The van der Waals surface area contributed by atoms with Crippen LogP contribution in [0.3, 0.4) is 0 Å². The van der Waals surface area contributed by atoms with Gasteiger partial charge in [0, 0.05) is 19.6 Å². The highest BCUT2D eigenvalue weighted by molar-refractivity contribution is 5.86. The molecule has 5 heteroatoms. The highest BCUT2D eigenvalue weighted by Crippen LogP contribution is 2.16. The van der Waals surface area contributed by atoms with Gasteiger partial charge in [-0.25, -0.2) is 0 Å². The van der Waals surface area contributed by atoms with Crippen molar-refractivity contribution in [2.75, 3.05) is 20.1 Å². The minimum Gasteiger partial charge on any atom is -0.356 e. The van der Waals surface area contributed by atoms with Gasteiger partial charge in [-0.1, -0.05) is 39.0 Å². The summed E-state index contributed by atoms with van der Waals surface area (Å²) in [5, 5.41) is 9.38. The van der Waals surface area contributed by atoms with Gasteiger partial charge < -0.3 is 16.0 Å². The Labute approximate surface area is 123 Å². The third-order valence-electron chi connectivity index (χ3n) is 3.68. The van der Waals surface area contributed by atoms with E-state index in [1.165, 1.54) is 32.1 Å². The SMILES string of the molecule is CCCCCNC(=NC)NCC(=O)NC1CCCCC1. The van der Waals surface area contributed by atoms with Gasteiger partial charge in [-0.15, -0.1) is 0 Å². The molecule has 0 aromatic heterocycles. The summed E-state index contributed by atoms with van der Waals surface area (Å²) in [6, 6.07) is 0.373. The second-order valence-corrected chi connectivity index (χ2v) is 5.46. The Morgan fingerprint density at radius 2 is 1.90 bits per heavy atom. The molecule has 0 aromatic carbocycles. The minimum atomic E-state index is 0.0633. The van der Waals surface area contributed by atoms with E-state index in [9.17, 15) is 4.79 Å². The van der Waals surface area contributed by atoms with Crippen molar-refractivity contribution in [1.29, 1.82) is 0 Å². The molecule has 1 rings (SSSR count). The lowest BCUT2D eigenvalue weighted by molar-refractivity contribution is -0.120. The molecule has 1 saturated carbocycles. The lowest BCUT2D eigenvalue weighted by Crippen LogP contribution is -2.46. The van der Waals surface area contributed by atoms with Crippen molar-refractivity contribution in [2.24, 2.45) is 4.99 Å². The summed E-state index contributed by atoms with van der Waals surface area (Å²) in [5.74, 6) is 0.772. The first-order chi connectivity index (χ1) is 9.76. The molecule has 0 heterocycles. The number of unbranched alkanes of at least 4 members (excludes halogenated alkanes) is 2. The van der Waals surface area contributed by atoms with Gasteiger partial charge in [-0.2, -0.15) is 0 Å². The molecule has 0 bridgehead atoms. The topological polar surface area (TPSA) is 65.5 Å². The maximum absolute atomic E-state index is 11.9. The first-order valence-electron chi connectivity index (χ1n) is 8.00. The van der Waals surface area contributed by atoms with Gasteiger partial charge in [0.1, 0.15) is 0 Å². The number of carbonyl (C=O) groups is 1. The van der Waals surface area contributed by atoms with Crippen LogP contribution in [-0.2, 0) is 4.79 Å². The van der Waals surface area contributed by atoms with Crippen molar-refractivity contribution in [3.63, 3.8) is 0 Å². The monoisotopic (exact) mass is 282 g/mol. The molecule has 0 unspecified atom stereocenters. The third-order valence-corrected chi connectivity index (χ3v) is 3.68. The van der Waals surface area contributed by atoms with Gasteiger partial charge in [0.25, 0.3) is 0 Å². The molecule has 0 saturated heterocycles. The molecule has 1 amide bonds. The van der Waals surface area contributed by atoms with E-state index < -0.39 is 0 Å². The van der Waals surface area contributed by atoms with E-state index in [-0.39, 0.29) is 5.91 Å². The Hall–Kier alpha value is -1.26. The molecule has 116 valence electrons. The first-order valence-corrected chi connectivity index (χ1v) is 8.00. The predicted molar refractivity (Wildman–Crippen MR) is 83.9 cm³/mol. The van der Waals surface area contributed by atoms with E-state index in [0.717, 1.165) is 25.8 Å². The summed E-state index contributed by atoms with van der Waals surface area (Å²) in [7, 11) is 1.73. The zero-order valence-electron chi connectivity index (χ0n) is 13.0. The zero-order valence-corrected chi connectivity index (χ0v) is 13.0. The first kappa shape index (κ1) is 16.8. The van der Waals surface area contributed by atoms with Gasteiger partial charge in [-0.3, -0.25) is 9.79 Å². The van der Waals surface area contributed by atoms with Crippen LogP contribution in [0.5, 0.6) is 0 Å². The fourth-order valence-corrected chi connectivity index (χ4v) is 2.49. The van der Waals surface area contributed by atoms with E-state index >= 15 is 0 Å². The Bertz CT molecular complexity index is 298. The molecule has 20 heavy (non-hydrogen) atoms. The quantitative estimate of drug-likeness (QED) is 0.379. The van der Waals surface area contributed by atoms with E-state index in [4.69, 9.17) is 0 Å². The van der Waals surface area contributed by atoms with Crippen LogP contribution in [0.25, 0.3) is 0 Å². The summed E-state index contributed by atoms with van der Waals surface area (Å²) < 4.78 is 0. The van der Waals surface area contributed by atoms with Crippen LogP contribution in [0.2, 0.25) is 0 Å². The van der Waals surface area contributed by atoms with E-state index in [0.29, 0.717) is 18.5 Å². The Balaban J connectivity index is 2.14. The van der Waals surface area contributed by atoms with Gasteiger partial charge in [0.05, 0.1) is 6.54 Å². The van der Waals surface area contributed by atoms with Crippen molar-refractivity contribution >= 4 is 11.9 Å². The van der Waals surface area contributed by atoms with Crippen LogP contribution in [0.4, 0.5) is 0 Å². The van der Waals surface area contributed by atoms with Crippen LogP contribution in [0.15, 0.2) is 4.99 Å². The van der Waals surface area contributed by atoms with Crippen molar-refractivity contribution < 1.29 is 4.79 Å². The van der Waals surface area contributed by atoms with Crippen LogP contribution in [-0.4, -0.2) is 38.0 Å². The molecule has 0 atom stereocenters. The van der Waals surface area contributed by atoms with Gasteiger partial charge >= 0.3 is 0 Å². The molecular weight excluding hydrogens is 252 g/mol. The number of nitrogens with zero attached hydrogens (tertiary/aromatic N) is 1. The zero-order chi connectivity index (χ0) is 14.6. The second-order valence-electron chi connectivity index (χ2n) is 5.46. The van der Waals surface area contributed by atoms with E-state index in [1.807, 2.05) is 0 Å². The predicted octanol–water partition coefficient (Wildman–Crippen LogP) is 1.79. The molecule has 0 aliphatic heterocycles. The summed E-state index contributed by atoms with van der Waals surface area (Å²) in [6.07, 6.45) is 9.57. The second kappa shape index (κ2) is 10.5. The maximum Gasteiger partial charge on any atom is 0.239 e. The van der Waals surface area contributed by atoms with Crippen LogP contribution >= 0.6 is 0 Å². The normalized spacial score (nSPS) is 16.8. The third kappa shape index (κ3) is 7.36. The van der Waals surface area contributed by atoms with E-state index in [2.05, 4.69) is 27.9 Å². The number of aliphatic imine (C=N–C) groups is 1.